The fourth-order valence-corrected chi connectivity index (χ4v) is 3.40. The molecule has 0 radical (unpaired) electrons. The van der Waals surface area contributed by atoms with Gasteiger partial charge in [-0.15, -0.1) is 0 Å². The summed E-state index contributed by atoms with van der Waals surface area (Å²) in [6, 6.07) is 3.49. The van der Waals surface area contributed by atoms with E-state index in [0.717, 1.165) is 38.2 Å². The van der Waals surface area contributed by atoms with Crippen LogP contribution in [-0.2, 0) is 14.8 Å². The molecule has 1 aliphatic heterocycles. The Morgan fingerprint density at radius 2 is 2.29 bits per heavy atom. The van der Waals surface area contributed by atoms with Gasteiger partial charge in [0, 0.05) is 13.2 Å². The first-order valence-electron chi connectivity index (χ1n) is 7.41. The number of nitrogens with one attached hydrogen (secondary N) is 2. The SMILES string of the molecule is CCCCS(=O)(=O)Nc1ccc(NCC2CCCO2)nc1. The van der Waals surface area contributed by atoms with Crippen LogP contribution >= 0.6 is 0 Å². The van der Waals surface area contributed by atoms with Gasteiger partial charge in [-0.3, -0.25) is 4.72 Å². The van der Waals surface area contributed by atoms with Crippen LogP contribution in [0.5, 0.6) is 0 Å². The van der Waals surface area contributed by atoms with Gasteiger partial charge in [-0.1, -0.05) is 13.3 Å². The first-order chi connectivity index (χ1) is 10.1. The molecule has 0 aromatic carbocycles. The lowest BCUT2D eigenvalue weighted by Gasteiger charge is -2.12. The van der Waals surface area contributed by atoms with Gasteiger partial charge in [0.2, 0.25) is 10.0 Å². The van der Waals surface area contributed by atoms with Crippen molar-refractivity contribution in [2.45, 2.75) is 38.7 Å². The zero-order chi connectivity index (χ0) is 15.1. The van der Waals surface area contributed by atoms with Crippen molar-refractivity contribution in [1.29, 1.82) is 0 Å². The average Bonchev–Trinajstić information content (AvgIpc) is 2.97. The van der Waals surface area contributed by atoms with Crippen molar-refractivity contribution >= 4 is 21.5 Å². The lowest BCUT2D eigenvalue weighted by atomic mass is 10.2. The Hall–Kier alpha value is -1.34. The summed E-state index contributed by atoms with van der Waals surface area (Å²) in [5, 5.41) is 3.20. The lowest BCUT2D eigenvalue weighted by molar-refractivity contribution is 0.120. The van der Waals surface area contributed by atoms with E-state index < -0.39 is 10.0 Å². The lowest BCUT2D eigenvalue weighted by Crippen LogP contribution is -2.19. The third-order valence-electron chi connectivity index (χ3n) is 3.34. The smallest absolute Gasteiger partial charge is 0.232 e. The van der Waals surface area contributed by atoms with Gasteiger partial charge in [0.15, 0.2) is 0 Å². The number of unbranched alkanes of at least 4 members (excludes halogenated alkanes) is 1. The second-order valence-electron chi connectivity index (χ2n) is 5.22. The zero-order valence-corrected chi connectivity index (χ0v) is 13.2. The zero-order valence-electron chi connectivity index (χ0n) is 12.3. The summed E-state index contributed by atoms with van der Waals surface area (Å²) in [5.41, 5.74) is 0.494. The molecule has 1 aromatic heterocycles. The fourth-order valence-electron chi connectivity index (χ4n) is 2.15. The van der Waals surface area contributed by atoms with Crippen molar-refractivity contribution in [3.8, 4) is 0 Å². The highest BCUT2D eigenvalue weighted by Crippen LogP contribution is 2.15. The van der Waals surface area contributed by atoms with Crippen LogP contribution < -0.4 is 10.0 Å². The number of anilines is 2. The van der Waals surface area contributed by atoms with Gasteiger partial charge >= 0.3 is 0 Å². The molecule has 2 rings (SSSR count). The molecule has 0 saturated carbocycles. The van der Waals surface area contributed by atoms with Crippen molar-refractivity contribution in [2.75, 3.05) is 28.9 Å². The van der Waals surface area contributed by atoms with Gasteiger partial charge in [0.05, 0.1) is 23.7 Å². The van der Waals surface area contributed by atoms with E-state index in [4.69, 9.17) is 4.74 Å². The van der Waals surface area contributed by atoms with Gasteiger partial charge < -0.3 is 10.1 Å². The highest BCUT2D eigenvalue weighted by molar-refractivity contribution is 7.92. The van der Waals surface area contributed by atoms with Crippen LogP contribution in [0.3, 0.4) is 0 Å². The van der Waals surface area contributed by atoms with E-state index in [0.29, 0.717) is 12.1 Å². The molecule has 0 bridgehead atoms. The molecule has 1 atom stereocenters. The summed E-state index contributed by atoms with van der Waals surface area (Å²) in [6.45, 7) is 3.53. The maximum atomic E-state index is 11.8. The third kappa shape index (κ3) is 5.51. The standard InChI is InChI=1S/C14H23N3O3S/c1-2-3-9-21(18,19)17-12-6-7-14(15-10-12)16-11-13-5-4-8-20-13/h6-7,10,13,17H,2-5,8-9,11H2,1H3,(H,15,16). The highest BCUT2D eigenvalue weighted by Gasteiger charge is 2.15. The summed E-state index contributed by atoms with van der Waals surface area (Å²) in [6.07, 6.45) is 5.47. The molecule has 1 aromatic rings. The first-order valence-corrected chi connectivity index (χ1v) is 9.06. The van der Waals surface area contributed by atoms with E-state index in [1.807, 2.05) is 6.92 Å². The number of pyridine rings is 1. The number of sulfonamides is 1. The largest absolute Gasteiger partial charge is 0.376 e. The monoisotopic (exact) mass is 313 g/mol. The fraction of sp³-hybridized carbons (Fsp3) is 0.643. The third-order valence-corrected chi connectivity index (χ3v) is 4.71. The first kappa shape index (κ1) is 16.0. The Bertz CT molecular complexity index is 525. The summed E-state index contributed by atoms with van der Waals surface area (Å²) < 4.78 is 31.6. The minimum Gasteiger partial charge on any atom is -0.376 e. The van der Waals surface area contributed by atoms with Gasteiger partial charge in [0.1, 0.15) is 5.82 Å². The molecule has 118 valence electrons. The van der Waals surface area contributed by atoms with Crippen LogP contribution in [0.1, 0.15) is 32.6 Å². The molecule has 2 heterocycles. The molecule has 6 nitrogen and oxygen atoms in total. The molecular formula is C14H23N3O3S. The Kier molecular flexibility index (Phi) is 5.81. The van der Waals surface area contributed by atoms with Gasteiger partial charge in [-0.05, 0) is 31.4 Å². The number of rotatable bonds is 8. The summed E-state index contributed by atoms with van der Waals surface area (Å²) >= 11 is 0. The molecule has 2 N–H and O–H groups in total. The van der Waals surface area contributed by atoms with Crippen molar-refractivity contribution in [1.82, 2.24) is 4.98 Å². The van der Waals surface area contributed by atoms with Crippen LogP contribution in [0.15, 0.2) is 18.3 Å². The minimum atomic E-state index is -3.27. The quantitative estimate of drug-likeness (QED) is 0.769. The highest BCUT2D eigenvalue weighted by atomic mass is 32.2. The molecule has 1 unspecified atom stereocenters. The Balaban J connectivity index is 1.83. The van der Waals surface area contributed by atoms with Gasteiger partial charge in [0.25, 0.3) is 0 Å². The van der Waals surface area contributed by atoms with Crippen LogP contribution in [0.2, 0.25) is 0 Å². The number of ether oxygens (including phenoxy) is 1. The number of hydrogen-bond donors (Lipinski definition) is 2. The van der Waals surface area contributed by atoms with E-state index in [1.165, 1.54) is 6.20 Å². The molecule has 1 saturated heterocycles. The average molecular weight is 313 g/mol. The number of nitrogens with zero attached hydrogens (tertiary/aromatic N) is 1. The molecule has 21 heavy (non-hydrogen) atoms. The Morgan fingerprint density at radius 1 is 1.43 bits per heavy atom. The van der Waals surface area contributed by atoms with Crippen molar-refractivity contribution in [3.05, 3.63) is 18.3 Å². The van der Waals surface area contributed by atoms with E-state index in [-0.39, 0.29) is 11.9 Å². The molecule has 1 fully saturated rings. The summed E-state index contributed by atoms with van der Waals surface area (Å²) in [4.78, 5) is 4.21. The maximum absolute atomic E-state index is 11.8. The van der Waals surface area contributed by atoms with Gasteiger partial charge in [-0.2, -0.15) is 0 Å². The van der Waals surface area contributed by atoms with Crippen molar-refractivity contribution < 1.29 is 13.2 Å². The molecule has 0 aliphatic carbocycles. The molecule has 1 aliphatic rings. The second-order valence-corrected chi connectivity index (χ2v) is 7.06. The predicted octanol–water partition coefficient (Wildman–Crippen LogP) is 2.21. The van der Waals surface area contributed by atoms with Crippen LogP contribution in [0, 0.1) is 0 Å². The molecule has 0 spiro atoms. The molecular weight excluding hydrogens is 290 g/mol. The maximum Gasteiger partial charge on any atom is 0.232 e. The molecule has 7 heteroatoms. The van der Waals surface area contributed by atoms with Gasteiger partial charge in [-0.25, -0.2) is 13.4 Å². The van der Waals surface area contributed by atoms with E-state index in [9.17, 15) is 8.42 Å². The number of aromatic nitrogens is 1. The summed E-state index contributed by atoms with van der Waals surface area (Å²) in [5.74, 6) is 0.865. The second kappa shape index (κ2) is 7.61. The summed E-state index contributed by atoms with van der Waals surface area (Å²) in [7, 11) is -3.27. The van der Waals surface area contributed by atoms with Crippen molar-refractivity contribution in [3.63, 3.8) is 0 Å². The van der Waals surface area contributed by atoms with Crippen LogP contribution in [-0.4, -0.2) is 38.4 Å². The Morgan fingerprint density at radius 3 is 2.90 bits per heavy atom. The van der Waals surface area contributed by atoms with Crippen molar-refractivity contribution in [2.24, 2.45) is 0 Å². The van der Waals surface area contributed by atoms with Crippen LogP contribution in [0.25, 0.3) is 0 Å². The normalized spacial score (nSPS) is 18.6. The van der Waals surface area contributed by atoms with E-state index >= 15 is 0 Å². The van der Waals surface area contributed by atoms with Crippen LogP contribution in [0.4, 0.5) is 11.5 Å². The Labute approximate surface area is 126 Å². The predicted molar refractivity (Wildman–Crippen MR) is 84.0 cm³/mol. The topological polar surface area (TPSA) is 80.3 Å². The molecule has 0 amide bonds. The number of hydrogen-bond acceptors (Lipinski definition) is 5. The van der Waals surface area contributed by atoms with E-state index in [2.05, 4.69) is 15.0 Å². The minimum absolute atomic E-state index is 0.141. The van der Waals surface area contributed by atoms with E-state index in [1.54, 1.807) is 12.1 Å².